The van der Waals surface area contributed by atoms with Crippen molar-refractivity contribution in [3.8, 4) is 5.88 Å². The quantitative estimate of drug-likeness (QED) is 0.551. The molecule has 1 aliphatic heterocycles. The first kappa shape index (κ1) is 20.5. The zero-order valence-electron chi connectivity index (χ0n) is 16.8. The van der Waals surface area contributed by atoms with Gasteiger partial charge in [-0.25, -0.2) is 9.98 Å². The number of aliphatic imine (C=N–C) groups is 1. The van der Waals surface area contributed by atoms with Crippen molar-refractivity contribution < 1.29 is 4.74 Å². The van der Waals surface area contributed by atoms with Crippen molar-refractivity contribution in [2.24, 2.45) is 4.99 Å². The van der Waals surface area contributed by atoms with Crippen LogP contribution in [0.5, 0.6) is 5.88 Å². The molecular formula is C20H35N5O. The van der Waals surface area contributed by atoms with Crippen LogP contribution in [-0.2, 0) is 6.54 Å². The van der Waals surface area contributed by atoms with Crippen molar-refractivity contribution in [3.05, 3.63) is 23.9 Å². The third-order valence-electron chi connectivity index (χ3n) is 4.65. The molecule has 2 heterocycles. The summed E-state index contributed by atoms with van der Waals surface area (Å²) in [4.78, 5) is 11.6. The zero-order valence-corrected chi connectivity index (χ0v) is 16.8. The van der Waals surface area contributed by atoms with Crippen molar-refractivity contribution in [3.63, 3.8) is 0 Å². The highest BCUT2D eigenvalue weighted by Gasteiger charge is 2.21. The second-order valence-corrected chi connectivity index (χ2v) is 7.06. The Kier molecular flexibility index (Phi) is 8.68. The molecule has 0 radical (unpaired) electrons. The fraction of sp³-hybridized carbons (Fsp3) is 0.700. The minimum atomic E-state index is 0.479. The number of hydrogen-bond donors (Lipinski definition) is 2. The first-order valence-corrected chi connectivity index (χ1v) is 9.99. The van der Waals surface area contributed by atoms with E-state index >= 15 is 0 Å². The van der Waals surface area contributed by atoms with Gasteiger partial charge in [0.1, 0.15) is 0 Å². The lowest BCUT2D eigenvalue weighted by molar-refractivity contribution is 0.167. The van der Waals surface area contributed by atoms with Gasteiger partial charge < -0.3 is 20.3 Å². The fourth-order valence-electron chi connectivity index (χ4n) is 3.11. The topological polar surface area (TPSA) is 61.8 Å². The van der Waals surface area contributed by atoms with E-state index in [4.69, 9.17) is 9.73 Å². The Morgan fingerprint density at radius 1 is 1.35 bits per heavy atom. The van der Waals surface area contributed by atoms with E-state index in [1.54, 1.807) is 6.20 Å². The lowest BCUT2D eigenvalue weighted by atomic mass is 10.0. The first-order valence-electron chi connectivity index (χ1n) is 9.99. The molecule has 1 saturated heterocycles. The third kappa shape index (κ3) is 6.48. The predicted molar refractivity (Wildman–Crippen MR) is 108 cm³/mol. The van der Waals surface area contributed by atoms with Crippen LogP contribution >= 0.6 is 0 Å². The van der Waals surface area contributed by atoms with E-state index in [1.165, 1.54) is 0 Å². The number of piperidine rings is 1. The average Bonchev–Trinajstić information content (AvgIpc) is 2.65. The van der Waals surface area contributed by atoms with Crippen LogP contribution < -0.4 is 15.4 Å². The molecule has 6 heteroatoms. The Labute approximate surface area is 158 Å². The summed E-state index contributed by atoms with van der Waals surface area (Å²) in [6.07, 6.45) is 5.05. The van der Waals surface area contributed by atoms with Gasteiger partial charge in [-0.15, -0.1) is 0 Å². The fourth-order valence-corrected chi connectivity index (χ4v) is 3.11. The summed E-state index contributed by atoms with van der Waals surface area (Å²) in [6, 6.07) is 5.08. The van der Waals surface area contributed by atoms with E-state index in [9.17, 15) is 0 Å². The number of likely N-dealkylation sites (tertiary alicyclic amines) is 1. The maximum Gasteiger partial charge on any atom is 0.218 e. The summed E-state index contributed by atoms with van der Waals surface area (Å²) in [6.45, 7) is 13.1. The Bertz CT molecular complexity index is 553. The monoisotopic (exact) mass is 361 g/mol. The summed E-state index contributed by atoms with van der Waals surface area (Å²) >= 11 is 0. The summed E-state index contributed by atoms with van der Waals surface area (Å²) in [5.41, 5.74) is 1.02. The molecule has 0 atom stereocenters. The molecule has 0 saturated carbocycles. The number of pyridine rings is 1. The van der Waals surface area contributed by atoms with Gasteiger partial charge in [0.25, 0.3) is 0 Å². The Morgan fingerprint density at radius 3 is 2.77 bits per heavy atom. The predicted octanol–water partition coefficient (Wildman–Crippen LogP) is 2.80. The summed E-state index contributed by atoms with van der Waals surface area (Å²) in [5.74, 6) is 1.57. The number of nitrogens with zero attached hydrogens (tertiary/aromatic N) is 3. The Balaban J connectivity index is 1.95. The van der Waals surface area contributed by atoms with Gasteiger partial charge in [-0.1, -0.05) is 13.0 Å². The SMILES string of the molecule is CCCOc1ncccc1CN=C(NCC)NC1CCN(C(C)C)CC1. The number of hydrogen-bond acceptors (Lipinski definition) is 4. The normalized spacial score (nSPS) is 16.7. The van der Waals surface area contributed by atoms with Gasteiger partial charge in [0.05, 0.1) is 13.2 Å². The van der Waals surface area contributed by atoms with Crippen LogP contribution in [0.15, 0.2) is 23.3 Å². The first-order chi connectivity index (χ1) is 12.6. The summed E-state index contributed by atoms with van der Waals surface area (Å²) < 4.78 is 5.74. The van der Waals surface area contributed by atoms with E-state index in [0.29, 0.717) is 31.1 Å². The molecule has 2 N–H and O–H groups in total. The second-order valence-electron chi connectivity index (χ2n) is 7.06. The zero-order chi connectivity index (χ0) is 18.8. The average molecular weight is 362 g/mol. The van der Waals surface area contributed by atoms with Gasteiger partial charge in [-0.3, -0.25) is 0 Å². The summed E-state index contributed by atoms with van der Waals surface area (Å²) in [5, 5.41) is 6.96. The number of aromatic nitrogens is 1. The molecule has 1 aromatic rings. The molecule has 0 bridgehead atoms. The molecular weight excluding hydrogens is 326 g/mol. The van der Waals surface area contributed by atoms with Crippen LogP contribution in [0, 0.1) is 0 Å². The highest BCUT2D eigenvalue weighted by Crippen LogP contribution is 2.16. The summed E-state index contributed by atoms with van der Waals surface area (Å²) in [7, 11) is 0. The van der Waals surface area contributed by atoms with Crippen LogP contribution in [0.3, 0.4) is 0 Å². The highest BCUT2D eigenvalue weighted by molar-refractivity contribution is 5.80. The van der Waals surface area contributed by atoms with E-state index in [1.807, 2.05) is 12.1 Å². The van der Waals surface area contributed by atoms with Crippen molar-refractivity contribution >= 4 is 5.96 Å². The van der Waals surface area contributed by atoms with Crippen molar-refractivity contribution in [2.75, 3.05) is 26.2 Å². The van der Waals surface area contributed by atoms with Crippen LogP contribution in [0.4, 0.5) is 0 Å². The second kappa shape index (κ2) is 11.0. The van der Waals surface area contributed by atoms with Gasteiger partial charge in [0.15, 0.2) is 5.96 Å². The van der Waals surface area contributed by atoms with E-state index in [-0.39, 0.29) is 0 Å². The number of guanidine groups is 1. The van der Waals surface area contributed by atoms with E-state index < -0.39 is 0 Å². The number of ether oxygens (including phenoxy) is 1. The largest absolute Gasteiger partial charge is 0.477 e. The minimum Gasteiger partial charge on any atom is -0.477 e. The van der Waals surface area contributed by atoms with Crippen LogP contribution in [0.25, 0.3) is 0 Å². The Morgan fingerprint density at radius 2 is 2.12 bits per heavy atom. The lowest BCUT2D eigenvalue weighted by Gasteiger charge is -2.35. The molecule has 2 rings (SSSR count). The van der Waals surface area contributed by atoms with E-state index in [0.717, 1.165) is 50.4 Å². The molecule has 1 aliphatic rings. The molecule has 146 valence electrons. The standard InChI is InChI=1S/C20H35N5O/c1-5-14-26-19-17(8-7-11-22-19)15-23-20(21-6-2)24-18-9-12-25(13-10-18)16(3)4/h7-8,11,16,18H,5-6,9-10,12-15H2,1-4H3,(H2,21,23,24). The van der Waals surface area contributed by atoms with E-state index in [2.05, 4.69) is 48.2 Å². The van der Waals surface area contributed by atoms with Crippen molar-refractivity contribution in [1.29, 1.82) is 0 Å². The maximum atomic E-state index is 5.74. The Hall–Kier alpha value is -1.82. The van der Waals surface area contributed by atoms with Crippen molar-refractivity contribution in [2.45, 2.75) is 65.6 Å². The van der Waals surface area contributed by atoms with Gasteiger partial charge >= 0.3 is 0 Å². The molecule has 0 spiro atoms. The number of rotatable bonds is 8. The number of nitrogens with one attached hydrogen (secondary N) is 2. The van der Waals surface area contributed by atoms with Crippen LogP contribution in [0.2, 0.25) is 0 Å². The van der Waals surface area contributed by atoms with Crippen LogP contribution in [0.1, 0.15) is 52.5 Å². The molecule has 0 amide bonds. The molecule has 1 fully saturated rings. The smallest absolute Gasteiger partial charge is 0.218 e. The third-order valence-corrected chi connectivity index (χ3v) is 4.65. The molecule has 0 aliphatic carbocycles. The van der Waals surface area contributed by atoms with Gasteiger partial charge in [-0.2, -0.15) is 0 Å². The maximum absolute atomic E-state index is 5.74. The van der Waals surface area contributed by atoms with Gasteiger partial charge in [-0.05, 0) is 46.1 Å². The lowest BCUT2D eigenvalue weighted by Crippen LogP contribution is -2.49. The molecule has 1 aromatic heterocycles. The molecule has 0 aromatic carbocycles. The van der Waals surface area contributed by atoms with Gasteiger partial charge in [0.2, 0.25) is 5.88 Å². The van der Waals surface area contributed by atoms with Gasteiger partial charge in [0, 0.05) is 43.5 Å². The minimum absolute atomic E-state index is 0.479. The molecule has 26 heavy (non-hydrogen) atoms. The highest BCUT2D eigenvalue weighted by atomic mass is 16.5. The van der Waals surface area contributed by atoms with Crippen molar-refractivity contribution in [1.82, 2.24) is 20.5 Å². The molecule has 6 nitrogen and oxygen atoms in total. The van der Waals surface area contributed by atoms with Crippen LogP contribution in [-0.4, -0.2) is 54.2 Å². The molecule has 0 unspecified atom stereocenters.